The predicted octanol–water partition coefficient (Wildman–Crippen LogP) is 4.78. The first-order valence-corrected chi connectivity index (χ1v) is 10.9. The Morgan fingerprint density at radius 1 is 0.967 bits per heavy atom. The maximum Gasteiger partial charge on any atom is 0.261 e. The molecule has 0 aliphatic carbocycles. The summed E-state index contributed by atoms with van der Waals surface area (Å²) in [6, 6.07) is 20.0. The minimum absolute atomic E-state index is 0.0613. The van der Waals surface area contributed by atoms with Gasteiger partial charge in [0, 0.05) is 17.8 Å². The van der Waals surface area contributed by atoms with Crippen molar-refractivity contribution in [3.8, 4) is 0 Å². The van der Waals surface area contributed by atoms with Crippen molar-refractivity contribution in [3.63, 3.8) is 0 Å². The van der Waals surface area contributed by atoms with E-state index in [1.165, 1.54) is 31.4 Å². The Labute approximate surface area is 180 Å². The highest BCUT2D eigenvalue weighted by Crippen LogP contribution is 2.26. The quantitative estimate of drug-likeness (QED) is 0.549. The van der Waals surface area contributed by atoms with Gasteiger partial charge in [-0.2, -0.15) is 0 Å². The van der Waals surface area contributed by atoms with Crippen LogP contribution in [0.15, 0.2) is 77.7 Å². The average molecular weight is 445 g/mol. The summed E-state index contributed by atoms with van der Waals surface area (Å²) in [6.07, 6.45) is -0.776. The lowest BCUT2D eigenvalue weighted by Crippen LogP contribution is -2.22. The van der Waals surface area contributed by atoms with Gasteiger partial charge >= 0.3 is 0 Å². The average Bonchev–Trinajstić information content (AvgIpc) is 2.73. The van der Waals surface area contributed by atoms with Gasteiger partial charge in [0.2, 0.25) is 0 Å². The second-order valence-electron chi connectivity index (χ2n) is 6.56. The number of ether oxygens (including phenoxy) is 1. The molecule has 0 bridgehead atoms. The Bertz CT molecular complexity index is 1130. The maximum absolute atomic E-state index is 12.7. The van der Waals surface area contributed by atoms with E-state index in [1.807, 2.05) is 18.2 Å². The second kappa shape index (κ2) is 9.30. The third-order valence-corrected chi connectivity index (χ3v) is 6.31. The summed E-state index contributed by atoms with van der Waals surface area (Å²) in [6.45, 7) is 1.73. The maximum atomic E-state index is 12.7. The third-order valence-electron chi connectivity index (χ3n) is 4.52. The molecule has 0 unspecified atom stereocenters. The summed E-state index contributed by atoms with van der Waals surface area (Å²) in [5, 5.41) is 3.21. The lowest BCUT2D eigenvalue weighted by atomic mass is 10.1. The standard InChI is InChI=1S/C22H21ClN2O4S/c1-15-19(23)9-6-10-20(15)25-30(27,28)18-13-11-17(12-14-18)24-22(26)21(29-2)16-7-4-3-5-8-16/h3-14,21,25H,1-2H3,(H,24,26)/t21-/m1/s1. The summed E-state index contributed by atoms with van der Waals surface area (Å²) in [5.74, 6) is -0.355. The molecule has 0 radical (unpaired) electrons. The fraction of sp³-hybridized carbons (Fsp3) is 0.136. The number of hydrogen-bond donors (Lipinski definition) is 2. The van der Waals surface area contributed by atoms with Crippen molar-refractivity contribution in [1.82, 2.24) is 0 Å². The summed E-state index contributed by atoms with van der Waals surface area (Å²) in [7, 11) is -2.35. The van der Waals surface area contributed by atoms with Crippen LogP contribution in [0.2, 0.25) is 5.02 Å². The van der Waals surface area contributed by atoms with Gasteiger partial charge in [0.05, 0.1) is 10.6 Å². The SMILES string of the molecule is CO[C@@H](C(=O)Nc1ccc(S(=O)(=O)Nc2cccc(Cl)c2C)cc1)c1ccccc1. The van der Waals surface area contributed by atoms with Crippen molar-refractivity contribution in [2.45, 2.75) is 17.9 Å². The summed E-state index contributed by atoms with van der Waals surface area (Å²) >= 11 is 6.05. The van der Waals surface area contributed by atoms with Gasteiger partial charge in [-0.05, 0) is 54.4 Å². The fourth-order valence-corrected chi connectivity index (χ4v) is 4.17. The summed E-state index contributed by atoms with van der Waals surface area (Å²) < 4.78 is 33.2. The molecule has 0 aliphatic heterocycles. The molecule has 0 aromatic heterocycles. The smallest absolute Gasteiger partial charge is 0.261 e. The van der Waals surface area contributed by atoms with Gasteiger partial charge in [0.25, 0.3) is 15.9 Å². The zero-order chi connectivity index (χ0) is 21.7. The zero-order valence-electron chi connectivity index (χ0n) is 16.4. The molecule has 3 aromatic carbocycles. The lowest BCUT2D eigenvalue weighted by molar-refractivity contribution is -0.126. The molecular weight excluding hydrogens is 424 g/mol. The first-order valence-electron chi connectivity index (χ1n) is 9.08. The molecular formula is C22H21ClN2O4S. The largest absolute Gasteiger partial charge is 0.367 e. The van der Waals surface area contributed by atoms with Crippen LogP contribution in [0.3, 0.4) is 0 Å². The molecule has 0 heterocycles. The third kappa shape index (κ3) is 4.99. The van der Waals surface area contributed by atoms with E-state index < -0.39 is 16.1 Å². The Morgan fingerprint density at radius 3 is 2.27 bits per heavy atom. The molecule has 156 valence electrons. The highest BCUT2D eigenvalue weighted by atomic mass is 35.5. The molecule has 0 spiro atoms. The van der Waals surface area contributed by atoms with Crippen LogP contribution in [0.5, 0.6) is 0 Å². The number of anilines is 2. The molecule has 6 nitrogen and oxygen atoms in total. The number of carbonyl (C=O) groups excluding carboxylic acids is 1. The molecule has 3 rings (SSSR count). The Kier molecular flexibility index (Phi) is 6.77. The number of nitrogens with one attached hydrogen (secondary N) is 2. The Balaban J connectivity index is 1.74. The topological polar surface area (TPSA) is 84.5 Å². The van der Waals surface area contributed by atoms with Crippen LogP contribution in [0.4, 0.5) is 11.4 Å². The lowest BCUT2D eigenvalue weighted by Gasteiger charge is -2.16. The van der Waals surface area contributed by atoms with Crippen LogP contribution in [-0.4, -0.2) is 21.4 Å². The molecule has 1 atom stereocenters. The number of rotatable bonds is 7. The van der Waals surface area contributed by atoms with Gasteiger partial charge in [-0.1, -0.05) is 48.0 Å². The fourth-order valence-electron chi connectivity index (χ4n) is 2.87. The van der Waals surface area contributed by atoms with Crippen LogP contribution in [0, 0.1) is 6.92 Å². The van der Waals surface area contributed by atoms with E-state index in [0.29, 0.717) is 22.0 Å². The molecule has 8 heteroatoms. The molecule has 0 saturated carbocycles. The van der Waals surface area contributed by atoms with Crippen molar-refractivity contribution < 1.29 is 17.9 Å². The van der Waals surface area contributed by atoms with Crippen molar-refractivity contribution in [2.75, 3.05) is 17.1 Å². The van der Waals surface area contributed by atoms with E-state index in [4.69, 9.17) is 16.3 Å². The van der Waals surface area contributed by atoms with Gasteiger partial charge in [-0.15, -0.1) is 0 Å². The van der Waals surface area contributed by atoms with Gasteiger partial charge in [0.1, 0.15) is 0 Å². The molecule has 2 N–H and O–H groups in total. The first kappa shape index (κ1) is 21.8. The Morgan fingerprint density at radius 2 is 1.63 bits per heavy atom. The van der Waals surface area contributed by atoms with Gasteiger partial charge in [-0.25, -0.2) is 8.42 Å². The van der Waals surface area contributed by atoms with E-state index in [9.17, 15) is 13.2 Å². The summed E-state index contributed by atoms with van der Waals surface area (Å²) in [4.78, 5) is 12.6. The van der Waals surface area contributed by atoms with Gasteiger partial charge < -0.3 is 10.1 Å². The van der Waals surface area contributed by atoms with Gasteiger partial charge in [-0.3, -0.25) is 9.52 Å². The van der Waals surface area contributed by atoms with E-state index >= 15 is 0 Å². The monoisotopic (exact) mass is 444 g/mol. The number of benzene rings is 3. The van der Waals surface area contributed by atoms with Crippen LogP contribution in [0.25, 0.3) is 0 Å². The Hall–Kier alpha value is -2.87. The molecule has 0 saturated heterocycles. The van der Waals surface area contributed by atoms with Crippen LogP contribution < -0.4 is 10.0 Å². The van der Waals surface area contributed by atoms with E-state index in [0.717, 1.165) is 5.56 Å². The summed E-state index contributed by atoms with van der Waals surface area (Å²) in [5.41, 5.74) is 2.22. The highest BCUT2D eigenvalue weighted by molar-refractivity contribution is 7.92. The zero-order valence-corrected chi connectivity index (χ0v) is 18.0. The number of amides is 1. The number of methoxy groups -OCH3 is 1. The van der Waals surface area contributed by atoms with Gasteiger partial charge in [0.15, 0.2) is 6.10 Å². The predicted molar refractivity (Wildman–Crippen MR) is 118 cm³/mol. The molecule has 1 amide bonds. The highest BCUT2D eigenvalue weighted by Gasteiger charge is 2.21. The molecule has 30 heavy (non-hydrogen) atoms. The number of sulfonamides is 1. The van der Waals surface area contributed by atoms with Crippen molar-refractivity contribution in [2.24, 2.45) is 0 Å². The normalized spacial score (nSPS) is 12.2. The minimum Gasteiger partial charge on any atom is -0.367 e. The second-order valence-corrected chi connectivity index (χ2v) is 8.65. The number of carbonyl (C=O) groups is 1. The first-order chi connectivity index (χ1) is 14.3. The van der Waals surface area contributed by atoms with E-state index in [2.05, 4.69) is 10.0 Å². The van der Waals surface area contributed by atoms with Crippen LogP contribution >= 0.6 is 11.6 Å². The van der Waals surface area contributed by atoms with Crippen molar-refractivity contribution in [3.05, 3.63) is 88.9 Å². The molecule has 0 fully saturated rings. The molecule has 0 aliphatic rings. The minimum atomic E-state index is -3.81. The van der Waals surface area contributed by atoms with Crippen molar-refractivity contribution >= 4 is 38.9 Å². The number of halogens is 1. The number of hydrogen-bond acceptors (Lipinski definition) is 4. The van der Waals surface area contributed by atoms with E-state index in [-0.39, 0.29) is 10.8 Å². The molecule has 3 aromatic rings. The van der Waals surface area contributed by atoms with Crippen molar-refractivity contribution in [1.29, 1.82) is 0 Å². The van der Waals surface area contributed by atoms with Crippen LogP contribution in [-0.2, 0) is 19.6 Å². The van der Waals surface area contributed by atoms with E-state index in [1.54, 1.807) is 37.3 Å². The van der Waals surface area contributed by atoms with Crippen LogP contribution in [0.1, 0.15) is 17.2 Å².